The van der Waals surface area contributed by atoms with E-state index in [2.05, 4.69) is 36.3 Å². The molecule has 20 heavy (non-hydrogen) atoms. The smallest absolute Gasteiger partial charge is 0.262 e. The van der Waals surface area contributed by atoms with Crippen LogP contribution in [0.1, 0.15) is 5.69 Å². The Morgan fingerprint density at radius 1 is 1.35 bits per heavy atom. The average Bonchev–Trinajstić information content (AvgIpc) is 3.06. The summed E-state index contributed by atoms with van der Waals surface area (Å²) in [6, 6.07) is 6.21. The van der Waals surface area contributed by atoms with Crippen LogP contribution in [-0.4, -0.2) is 20.3 Å². The normalized spacial score (nSPS) is 10.4. The Morgan fingerprint density at radius 3 is 2.95 bits per heavy atom. The third kappa shape index (κ3) is 2.19. The fourth-order valence-electron chi connectivity index (χ4n) is 1.67. The van der Waals surface area contributed by atoms with E-state index in [4.69, 9.17) is 9.78 Å². The number of H-pyrrole nitrogens is 1. The lowest BCUT2D eigenvalue weighted by atomic mass is 10.2. The second-order valence-electron chi connectivity index (χ2n) is 3.85. The molecular formula is C12H5BrFN5O. The van der Waals surface area contributed by atoms with Crippen molar-refractivity contribution in [2.24, 2.45) is 0 Å². The van der Waals surface area contributed by atoms with Gasteiger partial charge < -0.3 is 4.52 Å². The van der Waals surface area contributed by atoms with E-state index < -0.39 is 5.82 Å². The molecule has 98 valence electrons. The maximum Gasteiger partial charge on any atom is 0.262 e. The Labute approximate surface area is 120 Å². The number of halogens is 2. The van der Waals surface area contributed by atoms with Crippen molar-refractivity contribution < 1.29 is 8.91 Å². The van der Waals surface area contributed by atoms with Gasteiger partial charge in [0, 0.05) is 10.0 Å². The van der Waals surface area contributed by atoms with E-state index in [0.29, 0.717) is 15.6 Å². The van der Waals surface area contributed by atoms with E-state index in [-0.39, 0.29) is 17.4 Å². The maximum absolute atomic E-state index is 13.3. The second-order valence-corrected chi connectivity index (χ2v) is 4.77. The van der Waals surface area contributed by atoms with E-state index in [1.807, 2.05) is 6.07 Å². The summed E-state index contributed by atoms with van der Waals surface area (Å²) in [6.45, 7) is 0. The first-order chi connectivity index (χ1) is 9.67. The lowest BCUT2D eigenvalue weighted by Crippen LogP contribution is -1.84. The summed E-state index contributed by atoms with van der Waals surface area (Å²) in [4.78, 5) is 4.14. The van der Waals surface area contributed by atoms with Crippen molar-refractivity contribution in [1.29, 1.82) is 5.26 Å². The summed E-state index contributed by atoms with van der Waals surface area (Å²) in [5, 5.41) is 18.9. The zero-order valence-electron chi connectivity index (χ0n) is 9.76. The van der Waals surface area contributed by atoms with Gasteiger partial charge in [0.05, 0.1) is 11.8 Å². The number of aromatic amines is 1. The molecule has 0 spiro atoms. The topological polar surface area (TPSA) is 91.4 Å². The van der Waals surface area contributed by atoms with Crippen LogP contribution in [0.25, 0.3) is 22.8 Å². The van der Waals surface area contributed by atoms with Crippen molar-refractivity contribution in [3.05, 3.63) is 40.4 Å². The molecule has 8 heteroatoms. The third-order valence-corrected chi connectivity index (χ3v) is 2.99. The molecule has 0 radical (unpaired) electrons. The van der Waals surface area contributed by atoms with Crippen LogP contribution in [0.3, 0.4) is 0 Å². The molecule has 0 aliphatic carbocycles. The van der Waals surface area contributed by atoms with Gasteiger partial charge in [0.2, 0.25) is 5.82 Å². The first kappa shape index (κ1) is 12.5. The molecule has 6 nitrogen and oxygen atoms in total. The van der Waals surface area contributed by atoms with Crippen molar-refractivity contribution >= 4 is 15.9 Å². The molecule has 0 aliphatic heterocycles. The van der Waals surface area contributed by atoms with E-state index in [9.17, 15) is 4.39 Å². The Balaban J connectivity index is 2.04. The molecular weight excluding hydrogens is 329 g/mol. The number of rotatable bonds is 2. The van der Waals surface area contributed by atoms with Crippen LogP contribution in [0.15, 0.2) is 33.4 Å². The molecule has 2 aromatic heterocycles. The molecule has 1 aromatic carbocycles. The Hall–Kier alpha value is -2.53. The fourth-order valence-corrected chi connectivity index (χ4v) is 2.13. The SMILES string of the molecule is N#Cc1[nH]ncc1-c1nc(-c2cc(F)cc(Br)c2)no1. The van der Waals surface area contributed by atoms with Gasteiger partial charge in [-0.1, -0.05) is 21.1 Å². The van der Waals surface area contributed by atoms with Crippen LogP contribution < -0.4 is 0 Å². The van der Waals surface area contributed by atoms with Crippen molar-refractivity contribution in [2.75, 3.05) is 0 Å². The van der Waals surface area contributed by atoms with Crippen molar-refractivity contribution in [3.63, 3.8) is 0 Å². The third-order valence-electron chi connectivity index (χ3n) is 2.53. The Kier molecular flexibility index (Phi) is 3.04. The average molecular weight is 334 g/mol. The first-order valence-electron chi connectivity index (χ1n) is 5.41. The van der Waals surface area contributed by atoms with E-state index in [0.717, 1.165) is 0 Å². The highest BCUT2D eigenvalue weighted by atomic mass is 79.9. The molecule has 0 saturated heterocycles. The molecule has 0 saturated carbocycles. The zero-order chi connectivity index (χ0) is 14.1. The summed E-state index contributed by atoms with van der Waals surface area (Å²) >= 11 is 3.19. The van der Waals surface area contributed by atoms with Crippen LogP contribution in [0.2, 0.25) is 0 Å². The van der Waals surface area contributed by atoms with Gasteiger partial charge in [-0.3, -0.25) is 5.10 Å². The maximum atomic E-state index is 13.3. The zero-order valence-corrected chi connectivity index (χ0v) is 11.3. The van der Waals surface area contributed by atoms with Gasteiger partial charge in [-0.2, -0.15) is 15.3 Å². The number of benzene rings is 1. The predicted molar refractivity (Wildman–Crippen MR) is 69.7 cm³/mol. The Bertz CT molecular complexity index is 799. The van der Waals surface area contributed by atoms with Gasteiger partial charge in [-0.15, -0.1) is 0 Å². The van der Waals surface area contributed by atoms with Crippen LogP contribution in [0.4, 0.5) is 4.39 Å². The molecule has 3 aromatic rings. The van der Waals surface area contributed by atoms with Crippen LogP contribution >= 0.6 is 15.9 Å². The Morgan fingerprint density at radius 2 is 2.20 bits per heavy atom. The largest absolute Gasteiger partial charge is 0.333 e. The second kappa shape index (κ2) is 4.86. The van der Waals surface area contributed by atoms with E-state index in [1.165, 1.54) is 18.3 Å². The number of aromatic nitrogens is 4. The molecule has 0 bridgehead atoms. The van der Waals surface area contributed by atoms with Gasteiger partial charge in [-0.05, 0) is 18.2 Å². The monoisotopic (exact) mass is 333 g/mol. The molecule has 0 fully saturated rings. The molecule has 0 atom stereocenters. The first-order valence-corrected chi connectivity index (χ1v) is 6.20. The van der Waals surface area contributed by atoms with Crippen molar-refractivity contribution in [2.45, 2.75) is 0 Å². The van der Waals surface area contributed by atoms with Gasteiger partial charge in [0.15, 0.2) is 0 Å². The minimum Gasteiger partial charge on any atom is -0.333 e. The molecule has 1 N–H and O–H groups in total. The number of hydrogen-bond acceptors (Lipinski definition) is 5. The van der Waals surface area contributed by atoms with Crippen LogP contribution in [-0.2, 0) is 0 Å². The van der Waals surface area contributed by atoms with E-state index >= 15 is 0 Å². The summed E-state index contributed by atoms with van der Waals surface area (Å²) in [6.07, 6.45) is 1.41. The predicted octanol–water partition coefficient (Wildman–Crippen LogP) is 2.90. The molecule has 3 rings (SSSR count). The van der Waals surface area contributed by atoms with Gasteiger partial charge >= 0.3 is 0 Å². The van der Waals surface area contributed by atoms with Crippen LogP contribution in [0.5, 0.6) is 0 Å². The molecule has 0 amide bonds. The highest BCUT2D eigenvalue weighted by Crippen LogP contribution is 2.26. The van der Waals surface area contributed by atoms with Crippen molar-refractivity contribution in [1.82, 2.24) is 20.3 Å². The number of nitriles is 1. The number of hydrogen-bond donors (Lipinski definition) is 1. The van der Waals surface area contributed by atoms with Gasteiger partial charge in [-0.25, -0.2) is 4.39 Å². The van der Waals surface area contributed by atoms with Crippen molar-refractivity contribution in [3.8, 4) is 28.9 Å². The summed E-state index contributed by atoms with van der Waals surface area (Å²) < 4.78 is 19.0. The lowest BCUT2D eigenvalue weighted by molar-refractivity contribution is 0.432. The minimum absolute atomic E-state index is 0.144. The fraction of sp³-hybridized carbons (Fsp3) is 0. The molecule has 0 unspecified atom stereocenters. The summed E-state index contributed by atoms with van der Waals surface area (Å²) in [5.74, 6) is -0.0438. The van der Waals surface area contributed by atoms with Gasteiger partial charge in [0.25, 0.3) is 5.89 Å². The highest BCUT2D eigenvalue weighted by Gasteiger charge is 2.16. The molecule has 0 aliphatic rings. The highest BCUT2D eigenvalue weighted by molar-refractivity contribution is 9.10. The summed E-state index contributed by atoms with van der Waals surface area (Å²) in [5.41, 5.74) is 1.09. The van der Waals surface area contributed by atoms with E-state index in [1.54, 1.807) is 6.07 Å². The number of nitrogens with zero attached hydrogens (tertiary/aromatic N) is 4. The summed E-state index contributed by atoms with van der Waals surface area (Å²) in [7, 11) is 0. The lowest BCUT2D eigenvalue weighted by Gasteiger charge is -1.96. The number of nitrogens with one attached hydrogen (secondary N) is 1. The van der Waals surface area contributed by atoms with Gasteiger partial charge in [0.1, 0.15) is 17.6 Å². The standard InChI is InChI=1S/C12H5BrFN5O/c13-7-1-6(2-8(14)3-7)11-17-12(20-19-11)9-5-16-18-10(9)4-15/h1-3,5H,(H,16,18). The van der Waals surface area contributed by atoms with Crippen LogP contribution in [0, 0.1) is 17.1 Å². The quantitative estimate of drug-likeness (QED) is 0.778. The molecule has 2 heterocycles. The minimum atomic E-state index is -0.415.